The van der Waals surface area contributed by atoms with E-state index in [-0.39, 0.29) is 5.69 Å². The van der Waals surface area contributed by atoms with Crippen molar-refractivity contribution in [1.82, 2.24) is 15.1 Å². The van der Waals surface area contributed by atoms with Crippen molar-refractivity contribution in [2.75, 3.05) is 6.54 Å². The summed E-state index contributed by atoms with van der Waals surface area (Å²) in [5.41, 5.74) is 0.959. The molecule has 2 rings (SSSR count). The van der Waals surface area contributed by atoms with Crippen LogP contribution in [0.2, 0.25) is 0 Å². The van der Waals surface area contributed by atoms with Crippen molar-refractivity contribution >= 4 is 21.6 Å². The predicted molar refractivity (Wildman–Crippen MR) is 74.7 cm³/mol. The number of nitro groups is 1. The number of hydrogen-bond donors (Lipinski definition) is 1. The van der Waals surface area contributed by atoms with Gasteiger partial charge in [-0.1, -0.05) is 12.1 Å². The molecule has 2 aromatic rings. The van der Waals surface area contributed by atoms with Gasteiger partial charge in [-0.25, -0.2) is 0 Å². The number of nitrogens with zero attached hydrogens (tertiary/aromatic N) is 3. The number of nitro benzene ring substituents is 1. The highest BCUT2D eigenvalue weighted by Crippen LogP contribution is 2.27. The van der Waals surface area contributed by atoms with Crippen LogP contribution in [0.3, 0.4) is 0 Å². The second-order valence-corrected chi connectivity index (χ2v) is 4.75. The number of benzene rings is 1. The average molecular weight is 325 g/mol. The standard InChI is InChI=1S/C12H13BrN4O2/c13-12-10(3-1-4-11(12)17(18)19)9-14-6-8-16-7-2-5-15-16/h1-5,7,14H,6,8-9H2. The molecule has 0 saturated heterocycles. The molecule has 1 aromatic carbocycles. The Morgan fingerprint density at radius 1 is 1.42 bits per heavy atom. The van der Waals surface area contributed by atoms with Crippen LogP contribution >= 0.6 is 15.9 Å². The van der Waals surface area contributed by atoms with E-state index in [9.17, 15) is 10.1 Å². The second kappa shape index (κ2) is 6.44. The van der Waals surface area contributed by atoms with Crippen LogP contribution in [0.5, 0.6) is 0 Å². The summed E-state index contributed by atoms with van der Waals surface area (Å²) in [7, 11) is 0. The number of halogens is 1. The van der Waals surface area contributed by atoms with Gasteiger partial charge >= 0.3 is 0 Å². The summed E-state index contributed by atoms with van der Waals surface area (Å²) in [6.45, 7) is 2.08. The molecular formula is C12H13BrN4O2. The van der Waals surface area contributed by atoms with Gasteiger partial charge in [0.25, 0.3) is 5.69 Å². The minimum Gasteiger partial charge on any atom is -0.311 e. The van der Waals surface area contributed by atoms with Gasteiger partial charge in [-0.3, -0.25) is 14.8 Å². The third kappa shape index (κ3) is 3.62. The van der Waals surface area contributed by atoms with E-state index in [1.807, 2.05) is 23.0 Å². The molecule has 0 bridgehead atoms. The van der Waals surface area contributed by atoms with Crippen molar-refractivity contribution in [3.8, 4) is 0 Å². The number of rotatable bonds is 6. The molecule has 0 amide bonds. The maximum Gasteiger partial charge on any atom is 0.283 e. The first kappa shape index (κ1) is 13.7. The molecule has 0 aliphatic heterocycles. The van der Waals surface area contributed by atoms with E-state index < -0.39 is 4.92 Å². The van der Waals surface area contributed by atoms with Gasteiger partial charge in [-0.15, -0.1) is 0 Å². The molecule has 0 aliphatic rings. The van der Waals surface area contributed by atoms with Crippen molar-refractivity contribution in [3.63, 3.8) is 0 Å². The Balaban J connectivity index is 1.89. The first-order valence-electron chi connectivity index (χ1n) is 5.78. The van der Waals surface area contributed by atoms with Crippen molar-refractivity contribution in [3.05, 3.63) is 56.8 Å². The summed E-state index contributed by atoms with van der Waals surface area (Å²) < 4.78 is 2.36. The molecule has 100 valence electrons. The molecule has 0 radical (unpaired) electrons. The Morgan fingerprint density at radius 2 is 2.26 bits per heavy atom. The van der Waals surface area contributed by atoms with Gasteiger partial charge in [0.2, 0.25) is 0 Å². The normalized spacial score (nSPS) is 10.6. The third-order valence-electron chi connectivity index (χ3n) is 2.65. The van der Waals surface area contributed by atoms with Gasteiger partial charge in [0.1, 0.15) is 0 Å². The molecule has 7 heteroatoms. The SMILES string of the molecule is O=[N+]([O-])c1cccc(CNCCn2cccn2)c1Br. The maximum atomic E-state index is 10.8. The lowest BCUT2D eigenvalue weighted by Crippen LogP contribution is -2.20. The minimum absolute atomic E-state index is 0.0892. The van der Waals surface area contributed by atoms with Crippen LogP contribution in [0.1, 0.15) is 5.56 Å². The lowest BCUT2D eigenvalue weighted by Gasteiger charge is -2.07. The second-order valence-electron chi connectivity index (χ2n) is 3.95. The van der Waals surface area contributed by atoms with Crippen LogP contribution in [-0.2, 0) is 13.1 Å². The summed E-state index contributed by atoms with van der Waals surface area (Å²) in [5, 5.41) is 18.1. The largest absolute Gasteiger partial charge is 0.311 e. The van der Waals surface area contributed by atoms with Crippen molar-refractivity contribution in [1.29, 1.82) is 0 Å². The van der Waals surface area contributed by atoms with Crippen LogP contribution in [0.15, 0.2) is 41.1 Å². The van der Waals surface area contributed by atoms with Gasteiger partial charge in [0.15, 0.2) is 0 Å². The van der Waals surface area contributed by atoms with E-state index in [1.54, 1.807) is 12.3 Å². The van der Waals surface area contributed by atoms with E-state index in [0.717, 1.165) is 18.7 Å². The van der Waals surface area contributed by atoms with Crippen LogP contribution in [-0.4, -0.2) is 21.2 Å². The molecule has 1 heterocycles. The summed E-state index contributed by atoms with van der Waals surface area (Å²) in [6, 6.07) is 6.90. The highest BCUT2D eigenvalue weighted by atomic mass is 79.9. The van der Waals surface area contributed by atoms with Crippen molar-refractivity contribution in [2.45, 2.75) is 13.1 Å². The lowest BCUT2D eigenvalue weighted by molar-refractivity contribution is -0.385. The Morgan fingerprint density at radius 3 is 2.95 bits per heavy atom. The van der Waals surface area contributed by atoms with E-state index in [4.69, 9.17) is 0 Å². The quantitative estimate of drug-likeness (QED) is 0.503. The molecule has 0 spiro atoms. The molecule has 19 heavy (non-hydrogen) atoms. The molecular weight excluding hydrogens is 312 g/mol. The number of aromatic nitrogens is 2. The first-order valence-corrected chi connectivity index (χ1v) is 6.57. The van der Waals surface area contributed by atoms with Gasteiger partial charge < -0.3 is 5.32 Å². The van der Waals surface area contributed by atoms with Crippen LogP contribution in [0.4, 0.5) is 5.69 Å². The first-order chi connectivity index (χ1) is 9.18. The highest BCUT2D eigenvalue weighted by molar-refractivity contribution is 9.10. The molecule has 6 nitrogen and oxygen atoms in total. The minimum atomic E-state index is -0.392. The number of hydrogen-bond acceptors (Lipinski definition) is 4. The van der Waals surface area contributed by atoms with E-state index >= 15 is 0 Å². The van der Waals surface area contributed by atoms with Crippen LogP contribution in [0, 0.1) is 10.1 Å². The summed E-state index contributed by atoms with van der Waals surface area (Å²) in [5.74, 6) is 0. The predicted octanol–water partition coefficient (Wildman–Crippen LogP) is 2.34. The molecule has 1 N–H and O–H groups in total. The topological polar surface area (TPSA) is 73.0 Å². The van der Waals surface area contributed by atoms with Crippen molar-refractivity contribution in [2.24, 2.45) is 0 Å². The molecule has 0 saturated carbocycles. The Labute approximate surface area is 118 Å². The molecule has 0 aliphatic carbocycles. The van der Waals surface area contributed by atoms with Crippen LogP contribution < -0.4 is 5.32 Å². The third-order valence-corrected chi connectivity index (χ3v) is 3.56. The maximum absolute atomic E-state index is 10.8. The zero-order chi connectivity index (χ0) is 13.7. The fraction of sp³-hybridized carbons (Fsp3) is 0.250. The molecule has 1 aromatic heterocycles. The van der Waals surface area contributed by atoms with E-state index in [0.29, 0.717) is 11.0 Å². The number of nitrogens with one attached hydrogen (secondary N) is 1. The molecule has 0 atom stereocenters. The zero-order valence-electron chi connectivity index (χ0n) is 10.1. The van der Waals surface area contributed by atoms with Gasteiger partial charge in [-0.2, -0.15) is 5.10 Å². The molecule has 0 fully saturated rings. The Kier molecular flexibility index (Phi) is 4.64. The zero-order valence-corrected chi connectivity index (χ0v) is 11.7. The van der Waals surface area contributed by atoms with Gasteiger partial charge in [0, 0.05) is 31.5 Å². The van der Waals surface area contributed by atoms with Crippen molar-refractivity contribution < 1.29 is 4.92 Å². The average Bonchev–Trinajstić information content (AvgIpc) is 2.89. The monoisotopic (exact) mass is 324 g/mol. The fourth-order valence-electron chi connectivity index (χ4n) is 1.69. The Hall–Kier alpha value is -1.73. The highest BCUT2D eigenvalue weighted by Gasteiger charge is 2.14. The smallest absolute Gasteiger partial charge is 0.283 e. The van der Waals surface area contributed by atoms with Gasteiger partial charge in [-0.05, 0) is 27.6 Å². The summed E-state index contributed by atoms with van der Waals surface area (Å²) in [4.78, 5) is 10.4. The lowest BCUT2D eigenvalue weighted by atomic mass is 10.2. The fourth-order valence-corrected chi connectivity index (χ4v) is 2.24. The van der Waals surface area contributed by atoms with E-state index in [2.05, 4.69) is 26.3 Å². The van der Waals surface area contributed by atoms with Crippen LogP contribution in [0.25, 0.3) is 0 Å². The van der Waals surface area contributed by atoms with Gasteiger partial charge in [0.05, 0.1) is 15.9 Å². The summed E-state index contributed by atoms with van der Waals surface area (Å²) >= 11 is 3.27. The molecule has 0 unspecified atom stereocenters. The van der Waals surface area contributed by atoms with E-state index in [1.165, 1.54) is 6.07 Å². The summed E-state index contributed by atoms with van der Waals surface area (Å²) in [6.07, 6.45) is 3.63. The Bertz CT molecular complexity index is 557.